The highest BCUT2D eigenvalue weighted by molar-refractivity contribution is 5.93. The van der Waals surface area contributed by atoms with Crippen molar-refractivity contribution in [1.82, 2.24) is 15.0 Å². The fourth-order valence-corrected chi connectivity index (χ4v) is 3.96. The molecule has 27 heavy (non-hydrogen) atoms. The minimum absolute atomic E-state index is 0.0467. The molecule has 2 aliphatic rings. The summed E-state index contributed by atoms with van der Waals surface area (Å²) in [4.78, 5) is 17.0. The normalized spacial score (nSPS) is 17.4. The van der Waals surface area contributed by atoms with E-state index < -0.39 is 0 Å². The third-order valence-corrected chi connectivity index (χ3v) is 5.61. The molecule has 1 fully saturated rings. The van der Waals surface area contributed by atoms with Gasteiger partial charge in [0.25, 0.3) is 5.91 Å². The zero-order chi connectivity index (χ0) is 18.2. The zero-order valence-electron chi connectivity index (χ0n) is 15.0. The van der Waals surface area contributed by atoms with Crippen LogP contribution in [0.2, 0.25) is 0 Å². The molecule has 0 atom stereocenters. The van der Waals surface area contributed by atoms with Gasteiger partial charge in [-0.15, -0.1) is 0 Å². The van der Waals surface area contributed by atoms with E-state index in [9.17, 15) is 4.79 Å². The van der Waals surface area contributed by atoms with E-state index >= 15 is 0 Å². The van der Waals surface area contributed by atoms with Crippen LogP contribution in [-0.4, -0.2) is 46.5 Å². The summed E-state index contributed by atoms with van der Waals surface area (Å²) < 4.78 is 5.36. The number of likely N-dealkylation sites (tertiary alicyclic amines) is 1. The van der Waals surface area contributed by atoms with Crippen LogP contribution in [-0.2, 0) is 13.0 Å². The van der Waals surface area contributed by atoms with Crippen molar-refractivity contribution in [2.45, 2.75) is 19.0 Å². The molecular weight excluding hydrogens is 338 g/mol. The van der Waals surface area contributed by atoms with Crippen LogP contribution in [0.4, 0.5) is 0 Å². The van der Waals surface area contributed by atoms with Crippen LogP contribution in [0.15, 0.2) is 65.2 Å². The number of hydrogen-bond donors (Lipinski definition) is 0. The van der Waals surface area contributed by atoms with Gasteiger partial charge in [-0.05, 0) is 17.5 Å². The quantitative estimate of drug-likeness (QED) is 0.720. The van der Waals surface area contributed by atoms with Gasteiger partial charge in [0.1, 0.15) is 0 Å². The topological polar surface area (TPSA) is 49.6 Å². The first-order valence-corrected chi connectivity index (χ1v) is 9.40. The Morgan fingerprint density at radius 3 is 2.56 bits per heavy atom. The first-order valence-electron chi connectivity index (χ1n) is 9.40. The number of rotatable bonds is 3. The van der Waals surface area contributed by atoms with Crippen molar-refractivity contribution in [3.8, 4) is 11.3 Å². The highest BCUT2D eigenvalue weighted by Gasteiger charge is 2.37. The second kappa shape index (κ2) is 6.67. The highest BCUT2D eigenvalue weighted by Crippen LogP contribution is 2.26. The van der Waals surface area contributed by atoms with Crippen molar-refractivity contribution in [1.29, 1.82) is 0 Å². The Bertz CT molecular complexity index is 960. The molecule has 1 saturated heterocycles. The molecule has 3 heterocycles. The van der Waals surface area contributed by atoms with Crippen LogP contribution in [0.3, 0.4) is 0 Å². The molecule has 5 nitrogen and oxygen atoms in total. The highest BCUT2D eigenvalue weighted by atomic mass is 16.5. The standard InChI is InChI=1S/C22H21N3O2/c26-22(20-12-21(27-23-20)17-7-2-1-3-8-17)25-14-19(15-25)24-11-10-16-6-4-5-9-18(16)13-24/h1-9,12,19H,10-11,13-15H2. The molecule has 0 saturated carbocycles. The smallest absolute Gasteiger partial charge is 0.276 e. The van der Waals surface area contributed by atoms with Crippen molar-refractivity contribution in [3.63, 3.8) is 0 Å². The molecule has 2 aliphatic heterocycles. The number of benzene rings is 2. The second-order valence-corrected chi connectivity index (χ2v) is 7.30. The van der Waals surface area contributed by atoms with E-state index in [0.29, 0.717) is 17.5 Å². The molecule has 2 aromatic carbocycles. The number of aromatic nitrogens is 1. The Morgan fingerprint density at radius 1 is 1.00 bits per heavy atom. The largest absolute Gasteiger partial charge is 0.355 e. The van der Waals surface area contributed by atoms with Gasteiger partial charge in [-0.2, -0.15) is 0 Å². The summed E-state index contributed by atoms with van der Waals surface area (Å²) in [7, 11) is 0. The Labute approximate surface area is 158 Å². The number of amides is 1. The summed E-state index contributed by atoms with van der Waals surface area (Å²) in [5, 5.41) is 3.98. The molecule has 0 spiro atoms. The first kappa shape index (κ1) is 16.3. The second-order valence-electron chi connectivity index (χ2n) is 7.30. The van der Waals surface area contributed by atoms with Crippen molar-refractivity contribution >= 4 is 5.91 Å². The summed E-state index contributed by atoms with van der Waals surface area (Å²) in [5.41, 5.74) is 4.18. The van der Waals surface area contributed by atoms with E-state index in [4.69, 9.17) is 4.52 Å². The van der Waals surface area contributed by atoms with Gasteiger partial charge in [0.05, 0.1) is 0 Å². The van der Waals surface area contributed by atoms with Crippen LogP contribution in [0.5, 0.6) is 0 Å². The molecule has 5 heteroatoms. The minimum atomic E-state index is -0.0467. The average Bonchev–Trinajstić information content (AvgIpc) is 3.18. The summed E-state index contributed by atoms with van der Waals surface area (Å²) in [6.45, 7) is 3.56. The molecule has 5 rings (SSSR count). The van der Waals surface area contributed by atoms with Gasteiger partial charge < -0.3 is 9.42 Å². The summed E-state index contributed by atoms with van der Waals surface area (Å²) in [6.07, 6.45) is 1.09. The fourth-order valence-electron chi connectivity index (χ4n) is 3.96. The molecular formula is C22H21N3O2. The van der Waals surface area contributed by atoms with Crippen LogP contribution < -0.4 is 0 Å². The molecule has 0 aliphatic carbocycles. The van der Waals surface area contributed by atoms with Crippen molar-refractivity contribution < 1.29 is 9.32 Å². The molecule has 1 amide bonds. The fraction of sp³-hybridized carbons (Fsp3) is 0.273. The summed E-state index contributed by atoms with van der Waals surface area (Å²) in [6, 6.07) is 20.5. The Morgan fingerprint density at radius 2 is 1.74 bits per heavy atom. The van der Waals surface area contributed by atoms with Crippen LogP contribution in [0, 0.1) is 0 Å². The van der Waals surface area contributed by atoms with E-state index in [1.165, 1.54) is 11.1 Å². The van der Waals surface area contributed by atoms with Gasteiger partial charge in [0.15, 0.2) is 11.5 Å². The Hall–Kier alpha value is -2.92. The molecule has 0 radical (unpaired) electrons. The summed E-state index contributed by atoms with van der Waals surface area (Å²) in [5.74, 6) is 0.582. The van der Waals surface area contributed by atoms with Gasteiger partial charge in [-0.25, -0.2) is 0 Å². The maximum Gasteiger partial charge on any atom is 0.276 e. The van der Waals surface area contributed by atoms with Gasteiger partial charge >= 0.3 is 0 Å². The molecule has 0 unspecified atom stereocenters. The number of hydrogen-bond acceptors (Lipinski definition) is 4. The van der Waals surface area contributed by atoms with Gasteiger partial charge in [-0.3, -0.25) is 9.69 Å². The third kappa shape index (κ3) is 3.04. The lowest BCUT2D eigenvalue weighted by Crippen LogP contribution is -2.61. The van der Waals surface area contributed by atoms with E-state index in [-0.39, 0.29) is 5.91 Å². The Kier molecular flexibility index (Phi) is 4.02. The number of carbonyl (C=O) groups is 1. The SMILES string of the molecule is O=C(c1cc(-c2ccccc2)on1)N1CC(N2CCc3ccccc3C2)C1. The number of fused-ring (bicyclic) bond motifs is 1. The third-order valence-electron chi connectivity index (χ3n) is 5.61. The molecule has 3 aromatic rings. The van der Waals surface area contributed by atoms with Gasteiger partial charge in [0.2, 0.25) is 0 Å². The van der Waals surface area contributed by atoms with Gasteiger partial charge in [0, 0.05) is 43.9 Å². The van der Waals surface area contributed by atoms with Gasteiger partial charge in [-0.1, -0.05) is 59.8 Å². The number of nitrogens with zero attached hydrogens (tertiary/aromatic N) is 3. The molecule has 0 bridgehead atoms. The molecule has 0 N–H and O–H groups in total. The lowest BCUT2D eigenvalue weighted by atomic mass is 9.96. The Balaban J connectivity index is 1.21. The maximum atomic E-state index is 12.7. The lowest BCUT2D eigenvalue weighted by molar-refractivity contribution is 0.0211. The summed E-state index contributed by atoms with van der Waals surface area (Å²) >= 11 is 0. The predicted molar refractivity (Wildman–Crippen MR) is 102 cm³/mol. The van der Waals surface area contributed by atoms with E-state index in [0.717, 1.165) is 38.2 Å². The maximum absolute atomic E-state index is 12.7. The zero-order valence-corrected chi connectivity index (χ0v) is 15.0. The predicted octanol–water partition coefficient (Wildman–Crippen LogP) is 3.22. The van der Waals surface area contributed by atoms with Crippen LogP contribution in [0.1, 0.15) is 21.6 Å². The molecule has 1 aromatic heterocycles. The van der Waals surface area contributed by atoms with Crippen molar-refractivity contribution in [2.24, 2.45) is 0 Å². The lowest BCUT2D eigenvalue weighted by Gasteiger charge is -2.46. The monoisotopic (exact) mass is 359 g/mol. The van der Waals surface area contributed by atoms with Crippen LogP contribution in [0.25, 0.3) is 11.3 Å². The molecule has 136 valence electrons. The van der Waals surface area contributed by atoms with Crippen molar-refractivity contribution in [3.05, 3.63) is 77.5 Å². The van der Waals surface area contributed by atoms with E-state index in [2.05, 4.69) is 34.3 Å². The minimum Gasteiger partial charge on any atom is -0.355 e. The first-order chi connectivity index (χ1) is 13.3. The average molecular weight is 359 g/mol. The van der Waals surface area contributed by atoms with E-state index in [1.807, 2.05) is 35.2 Å². The number of carbonyl (C=O) groups excluding carboxylic acids is 1. The van der Waals surface area contributed by atoms with Crippen LogP contribution >= 0.6 is 0 Å². The van der Waals surface area contributed by atoms with E-state index in [1.54, 1.807) is 6.07 Å². The van der Waals surface area contributed by atoms with Crippen molar-refractivity contribution in [2.75, 3.05) is 19.6 Å².